The third kappa shape index (κ3) is 3.44. The SMILES string of the molecule is Cc1ncsc1C(=O)NCc1ccccc1C#CCN. The van der Waals surface area contributed by atoms with Crippen LogP contribution in [0.15, 0.2) is 29.8 Å². The van der Waals surface area contributed by atoms with E-state index >= 15 is 0 Å². The maximum atomic E-state index is 12.0. The van der Waals surface area contributed by atoms with Gasteiger partial charge in [0.15, 0.2) is 0 Å². The minimum Gasteiger partial charge on any atom is -0.347 e. The summed E-state index contributed by atoms with van der Waals surface area (Å²) in [5, 5.41) is 2.89. The number of thiazole rings is 1. The van der Waals surface area contributed by atoms with Gasteiger partial charge in [0.1, 0.15) is 4.88 Å². The normalized spacial score (nSPS) is 9.70. The van der Waals surface area contributed by atoms with Crippen LogP contribution in [0.2, 0.25) is 0 Å². The Morgan fingerprint density at radius 1 is 1.45 bits per heavy atom. The van der Waals surface area contributed by atoms with Gasteiger partial charge in [0.05, 0.1) is 17.7 Å². The van der Waals surface area contributed by atoms with Crippen molar-refractivity contribution >= 4 is 17.2 Å². The molecule has 0 fully saturated rings. The van der Waals surface area contributed by atoms with Gasteiger partial charge in [0.2, 0.25) is 0 Å². The van der Waals surface area contributed by atoms with E-state index in [0.717, 1.165) is 16.8 Å². The fourth-order valence-corrected chi connectivity index (χ4v) is 2.44. The number of hydrogen-bond acceptors (Lipinski definition) is 4. The van der Waals surface area contributed by atoms with Crippen LogP contribution in [0.5, 0.6) is 0 Å². The molecule has 0 aliphatic carbocycles. The molecule has 0 spiro atoms. The van der Waals surface area contributed by atoms with Crippen molar-refractivity contribution in [1.82, 2.24) is 10.3 Å². The summed E-state index contributed by atoms with van der Waals surface area (Å²) in [6, 6.07) is 7.70. The molecule has 0 aliphatic heterocycles. The van der Waals surface area contributed by atoms with Crippen LogP contribution in [0.4, 0.5) is 0 Å². The molecule has 2 aromatic rings. The number of amides is 1. The molecule has 0 radical (unpaired) electrons. The Labute approximate surface area is 122 Å². The number of hydrogen-bond donors (Lipinski definition) is 2. The summed E-state index contributed by atoms with van der Waals surface area (Å²) in [4.78, 5) is 16.7. The predicted octanol–water partition coefficient (Wildman–Crippen LogP) is 1.69. The van der Waals surface area contributed by atoms with Gasteiger partial charge >= 0.3 is 0 Å². The van der Waals surface area contributed by atoms with Crippen molar-refractivity contribution in [3.63, 3.8) is 0 Å². The van der Waals surface area contributed by atoms with E-state index in [1.54, 1.807) is 5.51 Å². The van der Waals surface area contributed by atoms with Crippen molar-refractivity contribution in [3.8, 4) is 11.8 Å². The Morgan fingerprint density at radius 3 is 2.95 bits per heavy atom. The van der Waals surface area contributed by atoms with E-state index in [9.17, 15) is 4.79 Å². The van der Waals surface area contributed by atoms with E-state index in [4.69, 9.17) is 5.73 Å². The lowest BCUT2D eigenvalue weighted by Gasteiger charge is -2.06. The standard InChI is InChI=1S/C15H15N3OS/c1-11-14(20-10-18-11)15(19)17-9-13-6-3-2-5-12(13)7-4-8-16/h2-3,5-6,10H,8-9,16H2,1H3,(H,17,19). The Morgan fingerprint density at radius 2 is 2.25 bits per heavy atom. The molecule has 1 heterocycles. The maximum Gasteiger partial charge on any atom is 0.263 e. The van der Waals surface area contributed by atoms with E-state index in [0.29, 0.717) is 18.0 Å². The van der Waals surface area contributed by atoms with Gasteiger partial charge in [0, 0.05) is 12.1 Å². The highest BCUT2D eigenvalue weighted by molar-refractivity contribution is 7.11. The van der Waals surface area contributed by atoms with Gasteiger partial charge in [-0.1, -0.05) is 30.0 Å². The van der Waals surface area contributed by atoms with Crippen LogP contribution in [0, 0.1) is 18.8 Å². The summed E-state index contributed by atoms with van der Waals surface area (Å²) < 4.78 is 0. The molecule has 0 saturated heterocycles. The second kappa shape index (κ2) is 6.85. The second-order valence-corrected chi connectivity index (χ2v) is 4.97. The average molecular weight is 285 g/mol. The first-order valence-corrected chi connectivity index (χ1v) is 7.05. The molecule has 0 unspecified atom stereocenters. The van der Waals surface area contributed by atoms with Crippen molar-refractivity contribution in [2.75, 3.05) is 6.54 Å². The number of carbonyl (C=O) groups is 1. The molecule has 5 heteroatoms. The van der Waals surface area contributed by atoms with Gasteiger partial charge in [-0.3, -0.25) is 4.79 Å². The van der Waals surface area contributed by atoms with E-state index in [2.05, 4.69) is 22.1 Å². The zero-order valence-corrected chi connectivity index (χ0v) is 12.0. The fourth-order valence-electron chi connectivity index (χ4n) is 1.72. The van der Waals surface area contributed by atoms with Crippen molar-refractivity contribution in [2.24, 2.45) is 5.73 Å². The van der Waals surface area contributed by atoms with Crippen LogP contribution in [-0.4, -0.2) is 17.4 Å². The molecule has 102 valence electrons. The van der Waals surface area contributed by atoms with Gasteiger partial charge in [-0.25, -0.2) is 4.98 Å². The number of nitrogens with two attached hydrogens (primary N) is 1. The van der Waals surface area contributed by atoms with Crippen LogP contribution in [0.3, 0.4) is 0 Å². The lowest BCUT2D eigenvalue weighted by Crippen LogP contribution is -2.23. The molecule has 0 saturated carbocycles. The van der Waals surface area contributed by atoms with Crippen molar-refractivity contribution in [2.45, 2.75) is 13.5 Å². The zero-order valence-electron chi connectivity index (χ0n) is 11.1. The van der Waals surface area contributed by atoms with Crippen molar-refractivity contribution in [1.29, 1.82) is 0 Å². The van der Waals surface area contributed by atoms with Crippen molar-refractivity contribution < 1.29 is 4.79 Å². The highest BCUT2D eigenvalue weighted by atomic mass is 32.1. The minimum absolute atomic E-state index is 0.105. The molecule has 1 amide bonds. The monoisotopic (exact) mass is 285 g/mol. The van der Waals surface area contributed by atoms with Gasteiger partial charge in [-0.2, -0.15) is 0 Å². The average Bonchev–Trinajstić information content (AvgIpc) is 2.89. The molecule has 3 N–H and O–H groups in total. The molecular formula is C15H15N3OS. The van der Waals surface area contributed by atoms with Crippen LogP contribution in [0.1, 0.15) is 26.5 Å². The van der Waals surface area contributed by atoms with Crippen molar-refractivity contribution in [3.05, 3.63) is 51.5 Å². The first-order chi connectivity index (χ1) is 9.72. The Hall–Kier alpha value is -2.16. The van der Waals surface area contributed by atoms with Crippen LogP contribution < -0.4 is 11.1 Å². The van der Waals surface area contributed by atoms with Crippen LogP contribution in [0.25, 0.3) is 0 Å². The smallest absolute Gasteiger partial charge is 0.263 e. The second-order valence-electron chi connectivity index (χ2n) is 4.11. The molecule has 2 rings (SSSR count). The molecular weight excluding hydrogens is 270 g/mol. The van der Waals surface area contributed by atoms with Crippen LogP contribution >= 0.6 is 11.3 Å². The first kappa shape index (κ1) is 14.3. The Bertz CT molecular complexity index is 667. The lowest BCUT2D eigenvalue weighted by molar-refractivity contribution is 0.0954. The van der Waals surface area contributed by atoms with E-state index in [1.807, 2.05) is 31.2 Å². The van der Waals surface area contributed by atoms with Gasteiger partial charge < -0.3 is 11.1 Å². The summed E-state index contributed by atoms with van der Waals surface area (Å²) in [5.41, 5.74) is 9.67. The summed E-state index contributed by atoms with van der Waals surface area (Å²) in [6.45, 7) is 2.58. The summed E-state index contributed by atoms with van der Waals surface area (Å²) in [6.07, 6.45) is 0. The Kier molecular flexibility index (Phi) is 4.88. The number of benzene rings is 1. The molecule has 0 aliphatic rings. The fraction of sp³-hybridized carbons (Fsp3) is 0.200. The predicted molar refractivity (Wildman–Crippen MR) is 80.4 cm³/mol. The third-order valence-corrected chi connectivity index (χ3v) is 3.66. The van der Waals surface area contributed by atoms with Crippen LogP contribution in [-0.2, 0) is 6.54 Å². The number of carbonyl (C=O) groups excluding carboxylic acids is 1. The number of aromatic nitrogens is 1. The highest BCUT2D eigenvalue weighted by Crippen LogP contribution is 2.12. The summed E-state index contributed by atoms with van der Waals surface area (Å²) >= 11 is 1.34. The summed E-state index contributed by atoms with van der Waals surface area (Å²) in [7, 11) is 0. The third-order valence-electron chi connectivity index (χ3n) is 2.73. The molecule has 1 aromatic heterocycles. The van der Waals surface area contributed by atoms with E-state index < -0.39 is 0 Å². The molecule has 0 atom stereocenters. The zero-order chi connectivity index (χ0) is 14.4. The molecule has 4 nitrogen and oxygen atoms in total. The van der Waals surface area contributed by atoms with Gasteiger partial charge in [-0.15, -0.1) is 11.3 Å². The Balaban J connectivity index is 2.08. The molecule has 0 bridgehead atoms. The number of nitrogens with one attached hydrogen (secondary N) is 1. The number of nitrogens with zero attached hydrogens (tertiary/aromatic N) is 1. The topological polar surface area (TPSA) is 68.0 Å². The summed E-state index contributed by atoms with van der Waals surface area (Å²) in [5.74, 6) is 5.73. The minimum atomic E-state index is -0.105. The van der Waals surface area contributed by atoms with Gasteiger partial charge in [-0.05, 0) is 18.6 Å². The molecule has 1 aromatic carbocycles. The number of rotatable bonds is 3. The quantitative estimate of drug-likeness (QED) is 0.843. The largest absolute Gasteiger partial charge is 0.347 e. The van der Waals surface area contributed by atoms with E-state index in [1.165, 1.54) is 11.3 Å². The van der Waals surface area contributed by atoms with E-state index in [-0.39, 0.29) is 5.91 Å². The highest BCUT2D eigenvalue weighted by Gasteiger charge is 2.11. The maximum absolute atomic E-state index is 12.0. The number of aryl methyl sites for hydroxylation is 1. The van der Waals surface area contributed by atoms with Gasteiger partial charge in [0.25, 0.3) is 5.91 Å². The first-order valence-electron chi connectivity index (χ1n) is 6.17. The molecule has 20 heavy (non-hydrogen) atoms. The lowest BCUT2D eigenvalue weighted by atomic mass is 10.1.